The lowest BCUT2D eigenvalue weighted by molar-refractivity contribution is -0.156. The third-order valence-corrected chi connectivity index (χ3v) is 5.53. The molecule has 1 amide bonds. The Hall–Kier alpha value is -2.51. The van der Waals surface area contributed by atoms with E-state index in [-0.39, 0.29) is 23.5 Å². The van der Waals surface area contributed by atoms with Gasteiger partial charge in [-0.1, -0.05) is 5.10 Å². The van der Waals surface area contributed by atoms with Gasteiger partial charge < -0.3 is 9.15 Å². The number of carbonyl (C=O) groups is 1. The number of alkyl halides is 3. The van der Waals surface area contributed by atoms with E-state index in [0.717, 1.165) is 0 Å². The second kappa shape index (κ2) is 7.25. The van der Waals surface area contributed by atoms with E-state index in [0.29, 0.717) is 13.2 Å². The predicted molar refractivity (Wildman–Crippen MR) is 83.3 cm³/mol. The molecule has 0 unspecified atom stereocenters. The topological polar surface area (TPSA) is 115 Å². The van der Waals surface area contributed by atoms with Crippen molar-refractivity contribution in [2.75, 3.05) is 31.6 Å². The molecule has 1 fully saturated rings. The maximum absolute atomic E-state index is 12.5. The van der Waals surface area contributed by atoms with Crippen LogP contribution in [-0.2, 0) is 20.9 Å². The Balaban J connectivity index is 1.71. The maximum Gasteiger partial charge on any atom is 0.470 e. The summed E-state index contributed by atoms with van der Waals surface area (Å²) in [5, 5.41) is 7.88. The molecule has 1 saturated heterocycles. The van der Waals surface area contributed by atoms with Crippen LogP contribution in [0.3, 0.4) is 0 Å². The fourth-order valence-corrected chi connectivity index (χ4v) is 3.68. The van der Waals surface area contributed by atoms with Crippen molar-refractivity contribution in [2.45, 2.75) is 11.1 Å². The van der Waals surface area contributed by atoms with Gasteiger partial charge in [0.05, 0.1) is 18.1 Å². The summed E-state index contributed by atoms with van der Waals surface area (Å²) < 4.78 is 72.8. The Morgan fingerprint density at radius 1 is 1.11 bits per heavy atom. The van der Waals surface area contributed by atoms with Crippen molar-refractivity contribution >= 4 is 21.9 Å². The monoisotopic (exact) mass is 406 g/mol. The molecule has 146 valence electrons. The van der Waals surface area contributed by atoms with Gasteiger partial charge in [0, 0.05) is 18.7 Å². The van der Waals surface area contributed by atoms with Crippen molar-refractivity contribution in [3.05, 3.63) is 35.7 Å². The third kappa shape index (κ3) is 4.26. The average Bonchev–Trinajstić information content (AvgIpc) is 3.11. The van der Waals surface area contributed by atoms with Crippen molar-refractivity contribution in [3.63, 3.8) is 0 Å². The highest BCUT2D eigenvalue weighted by Gasteiger charge is 2.38. The molecule has 0 spiro atoms. The Kier molecular flexibility index (Phi) is 5.17. The number of ether oxygens (including phenoxy) is 1. The number of morpholine rings is 1. The summed E-state index contributed by atoms with van der Waals surface area (Å²) in [5.74, 6) is -2.42. The van der Waals surface area contributed by atoms with Gasteiger partial charge >= 0.3 is 18.1 Å². The first-order valence-corrected chi connectivity index (χ1v) is 9.02. The molecule has 0 bridgehead atoms. The van der Waals surface area contributed by atoms with Crippen LogP contribution in [0.5, 0.6) is 0 Å². The molecular formula is C14H13F3N4O5S. The van der Waals surface area contributed by atoms with Crippen molar-refractivity contribution in [1.82, 2.24) is 14.5 Å². The molecule has 0 radical (unpaired) electrons. The first kappa shape index (κ1) is 19.3. The second-order valence-corrected chi connectivity index (χ2v) is 7.34. The fourth-order valence-electron chi connectivity index (χ4n) is 2.27. The Bertz CT molecular complexity index is 921. The smallest absolute Gasteiger partial charge is 0.399 e. The zero-order valence-corrected chi connectivity index (χ0v) is 14.4. The molecule has 0 atom stereocenters. The SMILES string of the molecule is O=C(Nc1nnc(C(F)(F)F)o1)c1ccc(S(=O)(=O)N2CCOCC2)cc1. The Labute approximate surface area is 151 Å². The maximum atomic E-state index is 12.5. The predicted octanol–water partition coefficient (Wildman–Crippen LogP) is 1.36. The van der Waals surface area contributed by atoms with Crippen LogP contribution in [-0.4, -0.2) is 55.1 Å². The minimum atomic E-state index is -4.83. The lowest BCUT2D eigenvalue weighted by Gasteiger charge is -2.26. The normalized spacial score (nSPS) is 16.3. The number of anilines is 1. The van der Waals surface area contributed by atoms with E-state index in [1.807, 2.05) is 5.32 Å². The summed E-state index contributed by atoms with van der Waals surface area (Å²) in [6.07, 6.45) is -4.83. The van der Waals surface area contributed by atoms with Crippen molar-refractivity contribution in [3.8, 4) is 0 Å². The van der Waals surface area contributed by atoms with Crippen LogP contribution < -0.4 is 5.32 Å². The van der Waals surface area contributed by atoms with Crippen molar-refractivity contribution < 1.29 is 35.5 Å². The van der Waals surface area contributed by atoms with Crippen LogP contribution >= 0.6 is 0 Å². The Morgan fingerprint density at radius 2 is 1.74 bits per heavy atom. The second-order valence-electron chi connectivity index (χ2n) is 5.41. The fraction of sp³-hybridized carbons (Fsp3) is 0.357. The summed E-state index contributed by atoms with van der Waals surface area (Å²) in [6.45, 7) is 1.04. The molecule has 1 aliphatic heterocycles. The number of benzene rings is 1. The first-order chi connectivity index (χ1) is 12.7. The molecule has 1 aromatic heterocycles. The number of nitrogens with one attached hydrogen (secondary N) is 1. The number of hydrogen-bond acceptors (Lipinski definition) is 7. The van der Waals surface area contributed by atoms with E-state index < -0.39 is 34.0 Å². The van der Waals surface area contributed by atoms with Crippen LogP contribution in [0.25, 0.3) is 0 Å². The summed E-state index contributed by atoms with van der Waals surface area (Å²) in [6, 6.07) is 4.19. The number of nitrogens with zero attached hydrogens (tertiary/aromatic N) is 3. The number of sulfonamides is 1. The van der Waals surface area contributed by atoms with Crippen LogP contribution in [0.1, 0.15) is 16.2 Å². The summed E-state index contributed by atoms with van der Waals surface area (Å²) in [5.41, 5.74) is 0.00249. The quantitative estimate of drug-likeness (QED) is 0.815. The third-order valence-electron chi connectivity index (χ3n) is 3.61. The Morgan fingerprint density at radius 3 is 2.30 bits per heavy atom. The molecule has 0 saturated carbocycles. The van der Waals surface area contributed by atoms with Gasteiger partial charge in [0.2, 0.25) is 10.0 Å². The minimum Gasteiger partial charge on any atom is -0.399 e. The van der Waals surface area contributed by atoms with Gasteiger partial charge in [-0.3, -0.25) is 10.1 Å². The van der Waals surface area contributed by atoms with E-state index >= 15 is 0 Å². The molecular weight excluding hydrogens is 393 g/mol. The van der Waals surface area contributed by atoms with Crippen molar-refractivity contribution in [1.29, 1.82) is 0 Å². The zero-order chi connectivity index (χ0) is 19.7. The summed E-state index contributed by atoms with van der Waals surface area (Å²) >= 11 is 0. The first-order valence-electron chi connectivity index (χ1n) is 7.58. The number of amides is 1. The molecule has 1 aromatic carbocycles. The van der Waals surface area contributed by atoms with Gasteiger partial charge in [-0.05, 0) is 24.3 Å². The van der Waals surface area contributed by atoms with Gasteiger partial charge in [-0.25, -0.2) is 8.42 Å². The number of aromatic nitrogens is 2. The molecule has 2 aromatic rings. The summed E-state index contributed by atoms with van der Waals surface area (Å²) in [4.78, 5) is 12.0. The summed E-state index contributed by atoms with van der Waals surface area (Å²) in [7, 11) is -3.72. The molecule has 13 heteroatoms. The van der Waals surface area contributed by atoms with Crippen molar-refractivity contribution in [2.24, 2.45) is 0 Å². The van der Waals surface area contributed by atoms with Gasteiger partial charge in [0.1, 0.15) is 0 Å². The highest BCUT2D eigenvalue weighted by atomic mass is 32.2. The molecule has 2 heterocycles. The van der Waals surface area contributed by atoms with E-state index in [1.165, 1.54) is 28.6 Å². The van der Waals surface area contributed by atoms with E-state index in [1.54, 1.807) is 0 Å². The van der Waals surface area contributed by atoms with Crippen LogP contribution in [0, 0.1) is 0 Å². The highest BCUT2D eigenvalue weighted by molar-refractivity contribution is 7.89. The van der Waals surface area contributed by atoms with Gasteiger partial charge in [0.25, 0.3) is 5.91 Å². The minimum absolute atomic E-state index is 0.00249. The van der Waals surface area contributed by atoms with Crippen LogP contribution in [0.2, 0.25) is 0 Å². The molecule has 27 heavy (non-hydrogen) atoms. The molecule has 0 aliphatic carbocycles. The highest BCUT2D eigenvalue weighted by Crippen LogP contribution is 2.28. The number of rotatable bonds is 4. The molecule has 1 N–H and O–H groups in total. The van der Waals surface area contributed by atoms with Gasteiger partial charge in [0.15, 0.2) is 0 Å². The molecule has 3 rings (SSSR count). The standard InChI is InChI=1S/C14H13F3N4O5S/c15-14(16,17)12-19-20-13(26-12)18-11(22)9-1-3-10(4-2-9)27(23,24)21-5-7-25-8-6-21/h1-4H,5-8H2,(H,18,20,22). The number of hydrogen-bond donors (Lipinski definition) is 1. The average molecular weight is 406 g/mol. The lowest BCUT2D eigenvalue weighted by Crippen LogP contribution is -2.40. The van der Waals surface area contributed by atoms with E-state index in [4.69, 9.17) is 4.74 Å². The van der Waals surface area contributed by atoms with Gasteiger partial charge in [-0.15, -0.1) is 5.10 Å². The number of carbonyl (C=O) groups excluding carboxylic acids is 1. The number of halogens is 3. The van der Waals surface area contributed by atoms with E-state index in [2.05, 4.69) is 14.6 Å². The molecule has 9 nitrogen and oxygen atoms in total. The van der Waals surface area contributed by atoms with Crippen LogP contribution in [0.4, 0.5) is 19.2 Å². The largest absolute Gasteiger partial charge is 0.470 e. The lowest BCUT2D eigenvalue weighted by atomic mass is 10.2. The van der Waals surface area contributed by atoms with Gasteiger partial charge in [-0.2, -0.15) is 17.5 Å². The van der Waals surface area contributed by atoms with Crippen LogP contribution in [0.15, 0.2) is 33.6 Å². The molecule has 1 aliphatic rings. The van der Waals surface area contributed by atoms with E-state index in [9.17, 15) is 26.4 Å². The zero-order valence-electron chi connectivity index (χ0n) is 13.6.